The molecular weight excluding hydrogens is 432 g/mol. The number of anilines is 2. The van der Waals surface area contributed by atoms with Gasteiger partial charge in [0.2, 0.25) is 17.5 Å². The van der Waals surface area contributed by atoms with Gasteiger partial charge in [0.25, 0.3) is 0 Å². The Balaban J connectivity index is 2.18. The average molecular weight is 449 g/mol. The number of nitriles is 1. The molecule has 3 N–H and O–H groups in total. The first kappa shape index (κ1) is 22.5. The zero-order valence-corrected chi connectivity index (χ0v) is 18.2. The lowest BCUT2D eigenvalue weighted by molar-refractivity contribution is -0.113. The highest BCUT2D eigenvalue weighted by molar-refractivity contribution is 8.00. The lowest BCUT2D eigenvalue weighted by Gasteiger charge is -2.07. The highest BCUT2D eigenvalue weighted by Gasteiger charge is 2.22. The SMILES string of the molecule is [C-]#[N+]c1c(NC(=O)CSc2nc(N)nc(SC)c2C#N)sc(C(=O)OCC)c1C. The molecule has 0 fully saturated rings. The quantitative estimate of drug-likeness (QED) is 0.282. The van der Waals surface area contributed by atoms with Crippen LogP contribution in [0.2, 0.25) is 0 Å². The van der Waals surface area contributed by atoms with E-state index < -0.39 is 11.9 Å². The molecule has 9 nitrogen and oxygen atoms in total. The van der Waals surface area contributed by atoms with E-state index in [0.29, 0.717) is 15.6 Å². The van der Waals surface area contributed by atoms with E-state index in [1.54, 1.807) is 20.1 Å². The van der Waals surface area contributed by atoms with E-state index in [1.807, 2.05) is 6.07 Å². The maximum Gasteiger partial charge on any atom is 0.347 e. The van der Waals surface area contributed by atoms with Gasteiger partial charge in [-0.25, -0.2) is 19.6 Å². The highest BCUT2D eigenvalue weighted by Crippen LogP contribution is 2.40. The summed E-state index contributed by atoms with van der Waals surface area (Å²) in [6, 6.07) is 2.03. The van der Waals surface area contributed by atoms with Crippen LogP contribution < -0.4 is 11.1 Å². The van der Waals surface area contributed by atoms with Gasteiger partial charge in [-0.05, 0) is 25.7 Å². The van der Waals surface area contributed by atoms with E-state index in [2.05, 4.69) is 20.1 Å². The molecule has 2 aromatic heterocycles. The van der Waals surface area contributed by atoms with Crippen LogP contribution in [-0.4, -0.2) is 40.5 Å². The number of carbonyl (C=O) groups excluding carboxylic acids is 2. The summed E-state index contributed by atoms with van der Waals surface area (Å²) in [6.45, 7) is 10.9. The number of aromatic nitrogens is 2. The second-order valence-corrected chi connectivity index (χ2v) is 8.07. The molecule has 0 aliphatic heterocycles. The molecule has 0 spiro atoms. The fourth-order valence-corrected chi connectivity index (χ4v) is 4.63. The summed E-state index contributed by atoms with van der Waals surface area (Å²) in [5.74, 6) is -1.00. The van der Waals surface area contributed by atoms with Crippen molar-refractivity contribution in [2.75, 3.05) is 29.7 Å². The van der Waals surface area contributed by atoms with E-state index in [9.17, 15) is 14.9 Å². The van der Waals surface area contributed by atoms with E-state index in [0.717, 1.165) is 23.1 Å². The van der Waals surface area contributed by atoms with Crippen molar-refractivity contribution in [3.8, 4) is 6.07 Å². The maximum absolute atomic E-state index is 12.4. The number of hydrogen-bond acceptors (Lipinski definition) is 10. The number of nitrogens with zero attached hydrogens (tertiary/aromatic N) is 4. The number of thioether (sulfide) groups is 2. The second kappa shape index (κ2) is 10.1. The van der Waals surface area contributed by atoms with Crippen molar-refractivity contribution in [3.05, 3.63) is 27.4 Å². The molecule has 12 heteroatoms. The van der Waals surface area contributed by atoms with Gasteiger partial charge in [0.1, 0.15) is 31.6 Å². The van der Waals surface area contributed by atoms with E-state index in [1.165, 1.54) is 11.8 Å². The van der Waals surface area contributed by atoms with Crippen LogP contribution >= 0.6 is 34.9 Å². The molecule has 2 rings (SSSR count). The third kappa shape index (κ3) is 5.17. The van der Waals surface area contributed by atoms with E-state index in [-0.39, 0.29) is 39.4 Å². The Morgan fingerprint density at radius 3 is 2.69 bits per heavy atom. The number of hydrogen-bond donors (Lipinski definition) is 2. The Morgan fingerprint density at radius 1 is 1.41 bits per heavy atom. The van der Waals surface area contributed by atoms with Crippen LogP contribution in [0.3, 0.4) is 0 Å². The molecule has 29 heavy (non-hydrogen) atoms. The molecule has 0 radical (unpaired) electrons. The van der Waals surface area contributed by atoms with Gasteiger partial charge in [-0.15, -0.1) is 23.1 Å². The number of carbonyl (C=O) groups is 2. The number of amides is 1. The summed E-state index contributed by atoms with van der Waals surface area (Å²) >= 11 is 3.29. The van der Waals surface area contributed by atoms with Crippen molar-refractivity contribution in [1.82, 2.24) is 9.97 Å². The van der Waals surface area contributed by atoms with Gasteiger partial charge in [-0.1, -0.05) is 11.8 Å². The molecule has 0 aromatic carbocycles. The molecule has 0 unspecified atom stereocenters. The molecule has 0 saturated heterocycles. The second-order valence-electron chi connectivity index (χ2n) is 5.29. The smallest absolute Gasteiger partial charge is 0.347 e. The first-order valence-electron chi connectivity index (χ1n) is 8.08. The number of nitrogen functional groups attached to an aromatic ring is 1. The van der Waals surface area contributed by atoms with Crippen LogP contribution in [0, 0.1) is 24.8 Å². The zero-order chi connectivity index (χ0) is 21.6. The first-order chi connectivity index (χ1) is 13.9. The lowest BCUT2D eigenvalue weighted by atomic mass is 10.2. The molecule has 0 aliphatic rings. The van der Waals surface area contributed by atoms with Crippen molar-refractivity contribution in [3.63, 3.8) is 0 Å². The number of esters is 1. The number of nitrogens with one attached hydrogen (secondary N) is 1. The van der Waals surface area contributed by atoms with Crippen LogP contribution in [0.15, 0.2) is 10.1 Å². The Bertz CT molecular complexity index is 1040. The molecule has 0 atom stereocenters. The molecule has 2 heterocycles. The van der Waals surface area contributed by atoms with Crippen LogP contribution in [0.4, 0.5) is 16.6 Å². The summed E-state index contributed by atoms with van der Waals surface area (Å²) < 4.78 is 4.98. The van der Waals surface area contributed by atoms with Gasteiger partial charge in [0, 0.05) is 0 Å². The Hall–Kier alpha value is -2.80. The van der Waals surface area contributed by atoms with Gasteiger partial charge in [0.15, 0.2) is 0 Å². The fourth-order valence-electron chi connectivity index (χ4n) is 2.20. The third-order valence-corrected chi connectivity index (χ3v) is 6.28. The van der Waals surface area contributed by atoms with Gasteiger partial charge in [0.05, 0.1) is 18.9 Å². The van der Waals surface area contributed by atoms with Crippen LogP contribution in [0.25, 0.3) is 4.85 Å². The molecule has 0 aliphatic carbocycles. The van der Waals surface area contributed by atoms with Crippen LogP contribution in [-0.2, 0) is 9.53 Å². The first-order valence-corrected chi connectivity index (χ1v) is 11.1. The predicted octanol–water partition coefficient (Wildman–Crippen LogP) is 3.48. The monoisotopic (exact) mass is 448 g/mol. The summed E-state index contributed by atoms with van der Waals surface area (Å²) in [4.78, 5) is 36.1. The lowest BCUT2D eigenvalue weighted by Crippen LogP contribution is -2.14. The minimum absolute atomic E-state index is 0.0134. The van der Waals surface area contributed by atoms with Gasteiger partial charge in [-0.3, -0.25) is 4.79 Å². The van der Waals surface area contributed by atoms with Crippen molar-refractivity contribution in [1.29, 1.82) is 5.26 Å². The van der Waals surface area contributed by atoms with Crippen molar-refractivity contribution in [2.24, 2.45) is 0 Å². The van der Waals surface area contributed by atoms with Gasteiger partial charge < -0.3 is 15.8 Å². The van der Waals surface area contributed by atoms with Crippen molar-refractivity contribution in [2.45, 2.75) is 23.9 Å². The number of rotatable bonds is 7. The number of ether oxygens (including phenoxy) is 1. The van der Waals surface area contributed by atoms with E-state index >= 15 is 0 Å². The van der Waals surface area contributed by atoms with Gasteiger partial charge in [-0.2, -0.15) is 5.26 Å². The highest BCUT2D eigenvalue weighted by atomic mass is 32.2. The minimum Gasteiger partial charge on any atom is -0.462 e. The summed E-state index contributed by atoms with van der Waals surface area (Å²) in [7, 11) is 0. The zero-order valence-electron chi connectivity index (χ0n) is 15.7. The summed E-state index contributed by atoms with van der Waals surface area (Å²) in [5, 5.41) is 13.0. The minimum atomic E-state index is -0.533. The van der Waals surface area contributed by atoms with Crippen molar-refractivity contribution < 1.29 is 14.3 Å². The fraction of sp³-hybridized carbons (Fsp3) is 0.294. The van der Waals surface area contributed by atoms with Gasteiger partial charge >= 0.3 is 5.97 Å². The largest absolute Gasteiger partial charge is 0.462 e. The predicted molar refractivity (Wildman–Crippen MR) is 114 cm³/mol. The van der Waals surface area contributed by atoms with Crippen molar-refractivity contribution >= 4 is 63.4 Å². The van der Waals surface area contributed by atoms with E-state index in [4.69, 9.17) is 17.0 Å². The summed E-state index contributed by atoms with van der Waals surface area (Å²) in [6.07, 6.45) is 1.76. The molecule has 150 valence electrons. The molecule has 1 amide bonds. The number of thiophene rings is 1. The normalized spacial score (nSPS) is 10.1. The topological polar surface area (TPSA) is 135 Å². The molecule has 0 saturated carbocycles. The standard InChI is InChI=1S/C17H16N6O3S3/c1-5-26-16(25)12-8(2)11(20-3)15(29-12)21-10(24)7-28-14-9(6-18)13(27-4)22-17(19)23-14/h5,7H2,1-2,4H3,(H,21,24)(H2,19,22,23). The summed E-state index contributed by atoms with van der Waals surface area (Å²) in [5.41, 5.74) is 6.58. The van der Waals surface area contributed by atoms with Crippen LogP contribution in [0.1, 0.15) is 27.7 Å². The number of nitrogens with two attached hydrogens (primary N) is 1. The third-order valence-electron chi connectivity index (χ3n) is 3.45. The molecular formula is C17H16N6O3S3. The molecule has 2 aromatic rings. The Labute approximate surface area is 179 Å². The maximum atomic E-state index is 12.4. The van der Waals surface area contributed by atoms with Crippen LogP contribution in [0.5, 0.6) is 0 Å². The molecule has 0 bridgehead atoms. The Kier molecular flexibility index (Phi) is 7.84. The Morgan fingerprint density at radius 2 is 2.10 bits per heavy atom. The average Bonchev–Trinajstić information content (AvgIpc) is 3.00.